The Bertz CT molecular complexity index is 3820. The predicted octanol–water partition coefficient (Wildman–Crippen LogP) is 14.5. The van der Waals surface area contributed by atoms with Crippen LogP contribution < -0.4 is 0 Å². The predicted molar refractivity (Wildman–Crippen MR) is 240 cm³/mol. The summed E-state index contributed by atoms with van der Waals surface area (Å²) in [5.74, 6) is 0.828. The van der Waals surface area contributed by atoms with Gasteiger partial charge in [-0.25, -0.2) is 9.97 Å². The number of thiophene rings is 1. The molecule has 0 saturated heterocycles. The van der Waals surface area contributed by atoms with Crippen molar-refractivity contribution in [3.05, 3.63) is 176 Å². The molecule has 3 nitrogen and oxygen atoms in total. The molecule has 56 heavy (non-hydrogen) atoms. The summed E-state index contributed by atoms with van der Waals surface area (Å²) >= 11 is 1.92. The first kappa shape index (κ1) is 30.2. The summed E-state index contributed by atoms with van der Waals surface area (Å²) in [5.41, 5.74) is 5.91. The van der Waals surface area contributed by atoms with Crippen LogP contribution in [-0.4, -0.2) is 14.5 Å². The summed E-state index contributed by atoms with van der Waals surface area (Å²) in [7, 11) is 0. The van der Waals surface area contributed by atoms with E-state index in [9.17, 15) is 0 Å². The Balaban J connectivity index is 1.24. The molecule has 4 heteroatoms. The van der Waals surface area contributed by atoms with E-state index in [1.165, 1.54) is 84.8 Å². The van der Waals surface area contributed by atoms with Gasteiger partial charge in [-0.05, 0) is 61.3 Å². The highest BCUT2D eigenvalue weighted by molar-refractivity contribution is 7.27. The molecule has 0 aliphatic rings. The topological polar surface area (TPSA) is 30.7 Å². The van der Waals surface area contributed by atoms with E-state index in [0.717, 1.165) is 39.1 Å². The summed E-state index contributed by atoms with van der Waals surface area (Å²) in [5, 5.41) is 17.4. The van der Waals surface area contributed by atoms with E-state index >= 15 is 0 Å². The third-order valence-corrected chi connectivity index (χ3v) is 13.2. The Morgan fingerprint density at radius 1 is 0.375 bits per heavy atom. The number of rotatable bonds is 2. The molecule has 3 heterocycles. The second-order valence-corrected chi connectivity index (χ2v) is 15.9. The molecule has 0 bridgehead atoms. The fourth-order valence-corrected chi connectivity index (χ4v) is 10.9. The van der Waals surface area contributed by atoms with Crippen LogP contribution in [0.1, 0.15) is 0 Å². The molecule has 0 aliphatic heterocycles. The van der Waals surface area contributed by atoms with Crippen LogP contribution in [0.25, 0.3) is 124 Å². The lowest BCUT2D eigenvalue weighted by Gasteiger charge is -2.16. The maximum Gasteiger partial charge on any atom is 0.165 e. The molecule has 13 rings (SSSR count). The average molecular weight is 728 g/mol. The molecule has 10 aromatic carbocycles. The zero-order valence-electron chi connectivity index (χ0n) is 30.0. The van der Waals surface area contributed by atoms with Crippen molar-refractivity contribution in [2.45, 2.75) is 0 Å². The molecule has 13 aromatic rings. The van der Waals surface area contributed by atoms with Gasteiger partial charge >= 0.3 is 0 Å². The van der Waals surface area contributed by atoms with E-state index in [2.05, 4.69) is 180 Å². The molecule has 0 atom stereocenters. The SMILES string of the molecule is c1ccc(-c2nc3cc4c5ccccc5c5ccccc5c4cc3nc2-n2c3ccccc3c3c4c5ccc6ccccc6c5sc4c4ccccc4c32)cc1. The first-order valence-corrected chi connectivity index (χ1v) is 19.9. The second kappa shape index (κ2) is 11.2. The van der Waals surface area contributed by atoms with Gasteiger partial charge in [0, 0.05) is 47.3 Å². The summed E-state index contributed by atoms with van der Waals surface area (Å²) in [6.45, 7) is 0. The molecule has 0 spiro atoms. The van der Waals surface area contributed by atoms with Crippen molar-refractivity contribution in [2.24, 2.45) is 0 Å². The summed E-state index contributed by atoms with van der Waals surface area (Å²) in [4.78, 5) is 11.3. The van der Waals surface area contributed by atoms with Gasteiger partial charge in [0.25, 0.3) is 0 Å². The van der Waals surface area contributed by atoms with Crippen molar-refractivity contribution < 1.29 is 0 Å². The lowest BCUT2D eigenvalue weighted by molar-refractivity contribution is 1.08. The van der Waals surface area contributed by atoms with E-state index < -0.39 is 0 Å². The minimum atomic E-state index is 0.828. The fraction of sp³-hybridized carbons (Fsp3) is 0. The second-order valence-electron chi connectivity index (χ2n) is 14.8. The van der Waals surface area contributed by atoms with Crippen LogP contribution in [0.5, 0.6) is 0 Å². The van der Waals surface area contributed by atoms with Crippen LogP contribution in [0.15, 0.2) is 176 Å². The van der Waals surface area contributed by atoms with E-state index in [4.69, 9.17) is 9.97 Å². The third-order valence-electron chi connectivity index (χ3n) is 11.9. The van der Waals surface area contributed by atoms with Gasteiger partial charge in [-0.2, -0.15) is 0 Å². The van der Waals surface area contributed by atoms with Crippen molar-refractivity contribution in [2.75, 3.05) is 0 Å². The highest BCUT2D eigenvalue weighted by Gasteiger charge is 2.25. The van der Waals surface area contributed by atoms with Crippen LogP contribution in [0, 0.1) is 0 Å². The Hall–Kier alpha value is -7.14. The van der Waals surface area contributed by atoms with Crippen LogP contribution in [0.4, 0.5) is 0 Å². The van der Waals surface area contributed by atoms with Crippen LogP contribution in [0.2, 0.25) is 0 Å². The highest BCUT2D eigenvalue weighted by Crippen LogP contribution is 2.50. The quantitative estimate of drug-likeness (QED) is 0.131. The smallest absolute Gasteiger partial charge is 0.165 e. The molecule has 0 unspecified atom stereocenters. The molecule has 0 amide bonds. The van der Waals surface area contributed by atoms with Gasteiger partial charge in [0.2, 0.25) is 0 Å². The molecule has 0 fully saturated rings. The van der Waals surface area contributed by atoms with E-state index in [-0.39, 0.29) is 0 Å². The van der Waals surface area contributed by atoms with Gasteiger partial charge < -0.3 is 0 Å². The maximum atomic E-state index is 5.71. The molecule has 0 N–H and O–H groups in total. The highest BCUT2D eigenvalue weighted by atomic mass is 32.1. The Morgan fingerprint density at radius 2 is 0.929 bits per heavy atom. The Morgan fingerprint density at radius 3 is 1.64 bits per heavy atom. The van der Waals surface area contributed by atoms with Gasteiger partial charge in [-0.15, -0.1) is 11.3 Å². The lowest BCUT2D eigenvalue weighted by Crippen LogP contribution is -2.04. The molecule has 0 radical (unpaired) electrons. The fourth-order valence-electron chi connectivity index (χ4n) is 9.51. The van der Waals surface area contributed by atoms with Crippen molar-refractivity contribution >= 4 is 118 Å². The van der Waals surface area contributed by atoms with Crippen LogP contribution in [0.3, 0.4) is 0 Å². The van der Waals surface area contributed by atoms with Gasteiger partial charge in [0.1, 0.15) is 5.69 Å². The van der Waals surface area contributed by atoms with E-state index in [1.54, 1.807) is 0 Å². The molecular formula is C52H29N3S. The van der Waals surface area contributed by atoms with E-state index in [1.807, 2.05) is 11.3 Å². The number of benzene rings is 10. The standard InChI is InChI=1S/C52H29N3S/c1-2-15-31(16-3-1)48-52(54-44-29-42-36-21-9-7-19-34(36)33-18-6-8-20-35(33)41(42)28-43(44)53-48)55-45-25-13-12-24-39(45)46-47-40-27-26-30-14-4-5-17-32(30)50(40)56-51(47)38-23-11-10-22-37(38)49(46)55/h1-29H. The van der Waals surface area contributed by atoms with Crippen LogP contribution in [-0.2, 0) is 0 Å². The largest absolute Gasteiger partial charge is 0.291 e. The summed E-state index contributed by atoms with van der Waals surface area (Å²) in [6.07, 6.45) is 0. The minimum Gasteiger partial charge on any atom is -0.291 e. The Labute approximate surface area is 324 Å². The number of para-hydroxylation sites is 1. The minimum absolute atomic E-state index is 0.828. The molecular weight excluding hydrogens is 699 g/mol. The zero-order chi connectivity index (χ0) is 36.5. The van der Waals surface area contributed by atoms with Gasteiger partial charge in [0.05, 0.1) is 22.1 Å². The maximum absolute atomic E-state index is 5.71. The number of fused-ring (bicyclic) bond motifs is 19. The Kier molecular flexibility index (Phi) is 6.04. The number of hydrogen-bond donors (Lipinski definition) is 0. The van der Waals surface area contributed by atoms with Crippen LogP contribution >= 0.6 is 11.3 Å². The molecule has 3 aromatic heterocycles. The van der Waals surface area contributed by atoms with Crippen molar-refractivity contribution in [3.63, 3.8) is 0 Å². The van der Waals surface area contributed by atoms with Crippen molar-refractivity contribution in [1.82, 2.24) is 14.5 Å². The molecule has 258 valence electrons. The zero-order valence-corrected chi connectivity index (χ0v) is 30.8. The normalized spacial score (nSPS) is 12.3. The van der Waals surface area contributed by atoms with E-state index in [0.29, 0.717) is 0 Å². The van der Waals surface area contributed by atoms with Crippen molar-refractivity contribution in [3.8, 4) is 17.1 Å². The first-order chi connectivity index (χ1) is 27.8. The monoisotopic (exact) mass is 727 g/mol. The van der Waals surface area contributed by atoms with Gasteiger partial charge in [-0.3, -0.25) is 4.57 Å². The number of aromatic nitrogens is 3. The third kappa shape index (κ3) is 4.01. The number of hydrogen-bond acceptors (Lipinski definition) is 3. The molecule has 0 aliphatic carbocycles. The van der Waals surface area contributed by atoms with Gasteiger partial charge in [0.15, 0.2) is 5.82 Å². The summed E-state index contributed by atoms with van der Waals surface area (Å²) in [6, 6.07) is 63.7. The molecule has 0 saturated carbocycles. The first-order valence-electron chi connectivity index (χ1n) is 19.1. The number of nitrogens with zero attached hydrogens (tertiary/aromatic N) is 3. The van der Waals surface area contributed by atoms with Crippen molar-refractivity contribution in [1.29, 1.82) is 0 Å². The average Bonchev–Trinajstić information content (AvgIpc) is 3.83. The summed E-state index contributed by atoms with van der Waals surface area (Å²) < 4.78 is 5.06. The lowest BCUT2D eigenvalue weighted by atomic mass is 9.94. The van der Waals surface area contributed by atoms with Gasteiger partial charge in [-0.1, -0.05) is 158 Å².